The highest BCUT2D eigenvalue weighted by atomic mass is 32.2. The summed E-state index contributed by atoms with van der Waals surface area (Å²) >= 11 is 0. The molecule has 0 fully saturated rings. The molecule has 0 bridgehead atoms. The molecule has 0 radical (unpaired) electrons. The van der Waals surface area contributed by atoms with Crippen LogP contribution >= 0.6 is 0 Å². The van der Waals surface area contributed by atoms with Gasteiger partial charge in [-0.05, 0) is 50.1 Å². The van der Waals surface area contributed by atoms with Crippen LogP contribution in [0.15, 0.2) is 48.5 Å². The van der Waals surface area contributed by atoms with Crippen LogP contribution in [0.2, 0.25) is 0 Å². The van der Waals surface area contributed by atoms with E-state index in [1.165, 1.54) is 44.3 Å². The summed E-state index contributed by atoms with van der Waals surface area (Å²) in [7, 11) is -0.102. The molecule has 0 aromatic heterocycles. The van der Waals surface area contributed by atoms with Gasteiger partial charge in [0.05, 0.1) is 12.8 Å². The number of rotatable bonds is 12. The van der Waals surface area contributed by atoms with Crippen molar-refractivity contribution in [3.05, 3.63) is 59.9 Å². The second-order valence-electron chi connectivity index (χ2n) is 8.61. The van der Waals surface area contributed by atoms with E-state index in [2.05, 4.69) is 5.32 Å². The van der Waals surface area contributed by atoms with E-state index in [9.17, 15) is 22.4 Å². The number of carbonyl (C=O) groups excluding carboxylic acids is 2. The van der Waals surface area contributed by atoms with E-state index in [0.717, 1.165) is 10.4 Å². The fourth-order valence-corrected chi connectivity index (χ4v) is 4.40. The van der Waals surface area contributed by atoms with Crippen LogP contribution in [-0.4, -0.2) is 69.3 Å². The number of hydrogen-bond acceptors (Lipinski definition) is 5. The Hall–Kier alpha value is -3.18. The van der Waals surface area contributed by atoms with Crippen LogP contribution in [-0.2, 0) is 26.3 Å². The number of nitrogens with one attached hydrogen (secondary N) is 1. The van der Waals surface area contributed by atoms with Crippen molar-refractivity contribution in [2.24, 2.45) is 0 Å². The van der Waals surface area contributed by atoms with Crippen LogP contribution in [0.1, 0.15) is 32.8 Å². The number of benzene rings is 2. The molecule has 0 aliphatic heterocycles. The lowest BCUT2D eigenvalue weighted by Gasteiger charge is -2.33. The molecule has 0 unspecified atom stereocenters. The molecule has 2 atom stereocenters. The summed E-state index contributed by atoms with van der Waals surface area (Å²) in [6, 6.07) is 11.3. The fourth-order valence-electron chi connectivity index (χ4n) is 3.33. The van der Waals surface area contributed by atoms with Gasteiger partial charge in [0.1, 0.15) is 24.2 Å². The summed E-state index contributed by atoms with van der Waals surface area (Å²) in [4.78, 5) is 27.8. The maximum atomic E-state index is 14.6. The zero-order valence-corrected chi connectivity index (χ0v) is 22.4. The minimum absolute atomic E-state index is 0.0328. The second-order valence-corrected chi connectivity index (χ2v) is 10.7. The predicted molar refractivity (Wildman–Crippen MR) is 137 cm³/mol. The Kier molecular flexibility index (Phi) is 10.2. The number of carbonyl (C=O) groups is 2. The van der Waals surface area contributed by atoms with Crippen molar-refractivity contribution in [3.8, 4) is 5.75 Å². The molecule has 0 aliphatic rings. The smallest absolute Gasteiger partial charge is 0.304 e. The fraction of sp³-hybridized carbons (Fsp3) is 0.440. The number of methoxy groups -OCH3 is 1. The first kappa shape index (κ1) is 29.1. The maximum Gasteiger partial charge on any atom is 0.304 e. The monoisotopic (exact) mass is 522 g/mol. The van der Waals surface area contributed by atoms with Gasteiger partial charge in [-0.2, -0.15) is 12.7 Å². The summed E-state index contributed by atoms with van der Waals surface area (Å²) in [6.45, 7) is 4.69. The lowest BCUT2D eigenvalue weighted by Crippen LogP contribution is -2.53. The van der Waals surface area contributed by atoms with E-state index in [-0.39, 0.29) is 24.2 Å². The summed E-state index contributed by atoms with van der Waals surface area (Å²) in [5.74, 6) is -1.20. The number of amides is 2. The normalized spacial score (nSPS) is 13.1. The minimum Gasteiger partial charge on any atom is -0.497 e. The maximum absolute atomic E-state index is 14.6. The third-order valence-corrected chi connectivity index (χ3v) is 7.63. The minimum atomic E-state index is -4.23. The van der Waals surface area contributed by atoms with Gasteiger partial charge >= 0.3 is 10.2 Å². The number of hydrogen-bond donors (Lipinski definition) is 1. The van der Waals surface area contributed by atoms with E-state index in [1.807, 2.05) is 13.8 Å². The topological polar surface area (TPSA) is 99.3 Å². The van der Waals surface area contributed by atoms with Gasteiger partial charge in [-0.15, -0.1) is 0 Å². The lowest BCUT2D eigenvalue weighted by molar-refractivity contribution is -0.139. The van der Waals surface area contributed by atoms with Gasteiger partial charge < -0.3 is 15.0 Å². The molecule has 9 nitrogen and oxygen atoms in total. The standard InChI is InChI=1S/C25H35FN4O5S/c1-7-18(2)27-25(32)19(3)29(16-20-12-14-21(35-6)15-13-20)24(31)17-30(36(33,34)28(4)5)23-11-9-8-10-22(23)26/h8-15,18-19H,7,16-17H2,1-6H3,(H,27,32)/t18-,19+/m0/s1. The van der Waals surface area contributed by atoms with Crippen LogP contribution in [0.3, 0.4) is 0 Å². The number of ether oxygens (including phenoxy) is 1. The van der Waals surface area contributed by atoms with Crippen LogP contribution in [0, 0.1) is 5.82 Å². The van der Waals surface area contributed by atoms with E-state index >= 15 is 0 Å². The van der Waals surface area contributed by atoms with Crippen molar-refractivity contribution >= 4 is 27.7 Å². The number of anilines is 1. The molecule has 2 aromatic rings. The van der Waals surface area contributed by atoms with E-state index < -0.39 is 34.5 Å². The molecule has 11 heteroatoms. The average Bonchev–Trinajstić information content (AvgIpc) is 2.85. The van der Waals surface area contributed by atoms with Crippen LogP contribution in [0.5, 0.6) is 5.75 Å². The Morgan fingerprint density at radius 2 is 1.67 bits per heavy atom. The van der Waals surface area contributed by atoms with Crippen molar-refractivity contribution < 1.29 is 27.1 Å². The van der Waals surface area contributed by atoms with Gasteiger partial charge in [-0.3, -0.25) is 9.59 Å². The molecule has 2 amide bonds. The molecule has 198 valence electrons. The largest absolute Gasteiger partial charge is 0.497 e. The summed E-state index contributed by atoms with van der Waals surface area (Å²) in [6.07, 6.45) is 0.701. The van der Waals surface area contributed by atoms with Crippen LogP contribution in [0.25, 0.3) is 0 Å². The highest BCUT2D eigenvalue weighted by Crippen LogP contribution is 2.24. The SMILES string of the molecule is CC[C@H](C)NC(=O)[C@@H](C)N(Cc1ccc(OC)cc1)C(=O)CN(c1ccccc1F)S(=O)(=O)N(C)C. The van der Waals surface area contributed by atoms with Gasteiger partial charge in [0.15, 0.2) is 0 Å². The first-order valence-electron chi connectivity index (χ1n) is 11.6. The lowest BCUT2D eigenvalue weighted by atomic mass is 10.1. The number of halogens is 1. The van der Waals surface area contributed by atoms with Gasteiger partial charge in [-0.25, -0.2) is 8.70 Å². The molecule has 2 aromatic carbocycles. The second kappa shape index (κ2) is 12.7. The summed E-state index contributed by atoms with van der Waals surface area (Å²) in [5.41, 5.74) is 0.445. The molecule has 0 aliphatic carbocycles. The highest BCUT2D eigenvalue weighted by Gasteiger charge is 2.33. The van der Waals surface area contributed by atoms with Crippen LogP contribution < -0.4 is 14.4 Å². The van der Waals surface area contributed by atoms with Crippen molar-refractivity contribution in [1.29, 1.82) is 0 Å². The Labute approximate surface area is 213 Å². The molecule has 0 spiro atoms. The number of para-hydroxylation sites is 1. The van der Waals surface area contributed by atoms with Gasteiger partial charge in [0, 0.05) is 26.7 Å². The average molecular weight is 523 g/mol. The summed E-state index contributed by atoms with van der Waals surface area (Å²) in [5, 5.41) is 2.86. The molecule has 0 saturated carbocycles. The van der Waals surface area contributed by atoms with Gasteiger partial charge in [0.25, 0.3) is 0 Å². The Morgan fingerprint density at radius 3 is 2.19 bits per heavy atom. The molecule has 0 saturated heterocycles. The molecule has 36 heavy (non-hydrogen) atoms. The van der Waals surface area contributed by atoms with Gasteiger partial charge in [0.2, 0.25) is 11.8 Å². The van der Waals surface area contributed by atoms with Crippen molar-refractivity contribution in [1.82, 2.24) is 14.5 Å². The van der Waals surface area contributed by atoms with Crippen molar-refractivity contribution in [2.75, 3.05) is 32.1 Å². The third-order valence-electron chi connectivity index (χ3n) is 5.82. The van der Waals surface area contributed by atoms with Crippen molar-refractivity contribution in [3.63, 3.8) is 0 Å². The van der Waals surface area contributed by atoms with E-state index in [1.54, 1.807) is 31.2 Å². The van der Waals surface area contributed by atoms with E-state index in [4.69, 9.17) is 4.74 Å². The van der Waals surface area contributed by atoms with Gasteiger partial charge in [-0.1, -0.05) is 31.2 Å². The zero-order chi connectivity index (χ0) is 27.0. The highest BCUT2D eigenvalue weighted by molar-refractivity contribution is 7.90. The first-order chi connectivity index (χ1) is 16.9. The molecular formula is C25H35FN4O5S. The Morgan fingerprint density at radius 1 is 1.06 bits per heavy atom. The van der Waals surface area contributed by atoms with Crippen LogP contribution in [0.4, 0.5) is 10.1 Å². The molecule has 0 heterocycles. The van der Waals surface area contributed by atoms with E-state index in [0.29, 0.717) is 22.0 Å². The summed E-state index contributed by atoms with van der Waals surface area (Å²) < 4.78 is 47.6. The Balaban J connectivity index is 2.46. The molecule has 2 rings (SSSR count). The molecule has 1 N–H and O–H groups in total. The number of nitrogens with zero attached hydrogens (tertiary/aromatic N) is 3. The molecular weight excluding hydrogens is 487 g/mol. The van der Waals surface area contributed by atoms with Crippen molar-refractivity contribution in [2.45, 2.75) is 45.8 Å². The first-order valence-corrected chi connectivity index (χ1v) is 13.0. The Bertz CT molecular complexity index is 1140. The third kappa shape index (κ3) is 7.17. The quantitative estimate of drug-likeness (QED) is 0.462. The zero-order valence-electron chi connectivity index (χ0n) is 21.6. The predicted octanol–water partition coefficient (Wildman–Crippen LogP) is 2.78.